The topological polar surface area (TPSA) is 29.9 Å². The van der Waals surface area contributed by atoms with Crippen molar-refractivity contribution in [3.63, 3.8) is 0 Å². The molecule has 1 atom stereocenters. The molecule has 102 valence electrons. The minimum absolute atomic E-state index is 0.276. The number of benzene rings is 1. The number of hydrogen-bond acceptors (Lipinski definition) is 2. The Kier molecular flexibility index (Phi) is 4.61. The van der Waals surface area contributed by atoms with E-state index in [9.17, 15) is 0 Å². The molecule has 1 aromatic carbocycles. The fourth-order valence-corrected chi connectivity index (χ4v) is 2.24. The summed E-state index contributed by atoms with van der Waals surface area (Å²) in [5, 5.41) is 7.93. The third-order valence-corrected chi connectivity index (χ3v) is 3.39. The van der Waals surface area contributed by atoms with Crippen molar-refractivity contribution < 1.29 is 0 Å². The van der Waals surface area contributed by atoms with Crippen molar-refractivity contribution in [2.75, 3.05) is 5.32 Å². The van der Waals surface area contributed by atoms with Crippen molar-refractivity contribution in [3.05, 3.63) is 47.8 Å². The van der Waals surface area contributed by atoms with Crippen LogP contribution in [0.25, 0.3) is 0 Å². The third-order valence-electron chi connectivity index (χ3n) is 3.39. The van der Waals surface area contributed by atoms with Crippen LogP contribution in [-0.4, -0.2) is 9.78 Å². The maximum Gasteiger partial charge on any atom is 0.0542 e. The number of nitrogens with zero attached hydrogens (tertiary/aromatic N) is 2. The lowest BCUT2D eigenvalue weighted by atomic mass is 10.1. The monoisotopic (exact) mass is 257 g/mol. The summed E-state index contributed by atoms with van der Waals surface area (Å²) >= 11 is 0. The zero-order valence-electron chi connectivity index (χ0n) is 12.1. The first-order valence-electron chi connectivity index (χ1n) is 7.11. The molecule has 0 aliphatic carbocycles. The smallest absolute Gasteiger partial charge is 0.0542 e. The molecule has 1 N–H and O–H groups in total. The molecule has 0 aliphatic heterocycles. The van der Waals surface area contributed by atoms with Crippen molar-refractivity contribution >= 4 is 5.69 Å². The fourth-order valence-electron chi connectivity index (χ4n) is 2.24. The van der Waals surface area contributed by atoms with Gasteiger partial charge in [-0.3, -0.25) is 4.68 Å². The number of hydrogen-bond donors (Lipinski definition) is 1. The van der Waals surface area contributed by atoms with Crippen LogP contribution in [0.3, 0.4) is 0 Å². The van der Waals surface area contributed by atoms with Gasteiger partial charge in [-0.25, -0.2) is 0 Å². The molecular weight excluding hydrogens is 234 g/mol. The summed E-state index contributed by atoms with van der Waals surface area (Å²) in [7, 11) is 0. The molecular formula is C16H23N3. The minimum Gasteiger partial charge on any atom is -0.378 e. The Hall–Kier alpha value is -1.77. The summed E-state index contributed by atoms with van der Waals surface area (Å²) in [4.78, 5) is 0. The molecule has 1 unspecified atom stereocenters. The quantitative estimate of drug-likeness (QED) is 0.846. The summed E-state index contributed by atoms with van der Waals surface area (Å²) in [5.74, 6) is 0. The Morgan fingerprint density at radius 2 is 2.05 bits per heavy atom. The van der Waals surface area contributed by atoms with E-state index in [0.29, 0.717) is 0 Å². The number of rotatable bonds is 6. The molecule has 0 saturated carbocycles. The molecule has 2 rings (SSSR count). The molecule has 1 aromatic heterocycles. The molecule has 0 fully saturated rings. The SMILES string of the molecule is CCCc1ccccc1NC(C)c1cnn(CC)c1. The number of aromatic nitrogens is 2. The Morgan fingerprint density at radius 3 is 2.74 bits per heavy atom. The maximum absolute atomic E-state index is 4.33. The van der Waals surface area contributed by atoms with Gasteiger partial charge in [0.1, 0.15) is 0 Å². The minimum atomic E-state index is 0.276. The lowest BCUT2D eigenvalue weighted by Crippen LogP contribution is -2.07. The normalized spacial score (nSPS) is 12.4. The van der Waals surface area contributed by atoms with Gasteiger partial charge in [-0.05, 0) is 31.9 Å². The van der Waals surface area contributed by atoms with Crippen LogP contribution in [-0.2, 0) is 13.0 Å². The maximum atomic E-state index is 4.33. The number of aryl methyl sites for hydroxylation is 2. The summed E-state index contributed by atoms with van der Waals surface area (Å²) in [6, 6.07) is 8.83. The molecule has 1 heterocycles. The van der Waals surface area contributed by atoms with Crippen LogP contribution < -0.4 is 5.32 Å². The third kappa shape index (κ3) is 3.37. The van der Waals surface area contributed by atoms with Gasteiger partial charge in [-0.1, -0.05) is 31.5 Å². The van der Waals surface area contributed by atoms with E-state index in [4.69, 9.17) is 0 Å². The predicted molar refractivity (Wildman–Crippen MR) is 80.4 cm³/mol. The second-order valence-electron chi connectivity index (χ2n) is 4.90. The van der Waals surface area contributed by atoms with E-state index in [0.717, 1.165) is 13.0 Å². The lowest BCUT2D eigenvalue weighted by molar-refractivity contribution is 0.658. The Bertz CT molecular complexity index is 516. The van der Waals surface area contributed by atoms with Crippen molar-refractivity contribution in [1.82, 2.24) is 9.78 Å². The van der Waals surface area contributed by atoms with E-state index >= 15 is 0 Å². The van der Waals surface area contributed by atoms with Gasteiger partial charge in [0.25, 0.3) is 0 Å². The highest BCUT2D eigenvalue weighted by Crippen LogP contribution is 2.23. The largest absolute Gasteiger partial charge is 0.378 e. The second-order valence-corrected chi connectivity index (χ2v) is 4.90. The zero-order chi connectivity index (χ0) is 13.7. The summed E-state index contributed by atoms with van der Waals surface area (Å²) < 4.78 is 1.96. The molecule has 0 aliphatic rings. The second kappa shape index (κ2) is 6.41. The van der Waals surface area contributed by atoms with E-state index in [-0.39, 0.29) is 6.04 Å². The van der Waals surface area contributed by atoms with Crippen molar-refractivity contribution in [3.8, 4) is 0 Å². The Morgan fingerprint density at radius 1 is 1.26 bits per heavy atom. The Labute approximate surface area is 115 Å². The number of anilines is 1. The summed E-state index contributed by atoms with van der Waals surface area (Å²) in [6.45, 7) is 7.41. The van der Waals surface area contributed by atoms with Crippen molar-refractivity contribution in [2.24, 2.45) is 0 Å². The first kappa shape index (κ1) is 13.7. The van der Waals surface area contributed by atoms with Crippen LogP contribution >= 0.6 is 0 Å². The van der Waals surface area contributed by atoms with E-state index in [1.54, 1.807) is 0 Å². The van der Waals surface area contributed by atoms with Crippen LogP contribution in [0, 0.1) is 0 Å². The van der Waals surface area contributed by atoms with E-state index in [2.05, 4.69) is 61.6 Å². The number of nitrogens with one attached hydrogen (secondary N) is 1. The van der Waals surface area contributed by atoms with Crippen LogP contribution in [0.15, 0.2) is 36.7 Å². The van der Waals surface area contributed by atoms with E-state index in [1.807, 2.05) is 10.9 Å². The van der Waals surface area contributed by atoms with E-state index in [1.165, 1.54) is 23.2 Å². The first-order chi connectivity index (χ1) is 9.24. The summed E-state index contributed by atoms with van der Waals surface area (Å²) in [6.07, 6.45) is 6.34. The lowest BCUT2D eigenvalue weighted by Gasteiger charge is -2.17. The van der Waals surface area contributed by atoms with Gasteiger partial charge in [0.2, 0.25) is 0 Å². The zero-order valence-corrected chi connectivity index (χ0v) is 12.1. The van der Waals surface area contributed by atoms with Crippen LogP contribution in [0.1, 0.15) is 44.4 Å². The van der Waals surface area contributed by atoms with Gasteiger partial charge in [-0.15, -0.1) is 0 Å². The van der Waals surface area contributed by atoms with Gasteiger partial charge in [0, 0.05) is 24.0 Å². The average Bonchev–Trinajstić information content (AvgIpc) is 2.90. The van der Waals surface area contributed by atoms with Crippen LogP contribution in [0.4, 0.5) is 5.69 Å². The molecule has 3 heteroatoms. The molecule has 0 spiro atoms. The van der Waals surface area contributed by atoms with Gasteiger partial charge >= 0.3 is 0 Å². The summed E-state index contributed by atoms with van der Waals surface area (Å²) in [5.41, 5.74) is 3.86. The standard InChI is InChI=1S/C16H23N3/c1-4-8-14-9-6-7-10-16(14)18-13(3)15-11-17-19(5-2)12-15/h6-7,9-13,18H,4-5,8H2,1-3H3. The molecule has 19 heavy (non-hydrogen) atoms. The highest BCUT2D eigenvalue weighted by molar-refractivity contribution is 5.52. The van der Waals surface area contributed by atoms with Gasteiger partial charge < -0.3 is 5.32 Å². The molecule has 3 nitrogen and oxygen atoms in total. The van der Waals surface area contributed by atoms with E-state index < -0.39 is 0 Å². The number of para-hydroxylation sites is 1. The van der Waals surface area contributed by atoms with Gasteiger partial charge in [-0.2, -0.15) is 5.10 Å². The van der Waals surface area contributed by atoms with Crippen LogP contribution in [0.2, 0.25) is 0 Å². The first-order valence-corrected chi connectivity index (χ1v) is 7.11. The highest BCUT2D eigenvalue weighted by Gasteiger charge is 2.09. The molecule has 2 aromatic rings. The average molecular weight is 257 g/mol. The molecule has 0 saturated heterocycles. The molecule has 0 bridgehead atoms. The molecule has 0 radical (unpaired) electrons. The van der Waals surface area contributed by atoms with Gasteiger partial charge in [0.15, 0.2) is 0 Å². The molecule has 0 amide bonds. The van der Waals surface area contributed by atoms with Crippen LogP contribution in [0.5, 0.6) is 0 Å². The predicted octanol–water partition coefficient (Wildman–Crippen LogP) is 4.03. The highest BCUT2D eigenvalue weighted by atomic mass is 15.3. The fraction of sp³-hybridized carbons (Fsp3) is 0.438. The van der Waals surface area contributed by atoms with Gasteiger partial charge in [0.05, 0.1) is 12.2 Å². The van der Waals surface area contributed by atoms with Crippen molar-refractivity contribution in [1.29, 1.82) is 0 Å². The van der Waals surface area contributed by atoms with Crippen molar-refractivity contribution in [2.45, 2.75) is 46.2 Å². The Balaban J connectivity index is 2.11.